The maximum absolute atomic E-state index is 11.9. The molecule has 0 spiro atoms. The van der Waals surface area contributed by atoms with Crippen molar-refractivity contribution in [2.75, 3.05) is 20.8 Å². The third-order valence-corrected chi connectivity index (χ3v) is 3.62. The number of hydrogen-bond donors (Lipinski definition) is 1. The monoisotopic (exact) mass is 293 g/mol. The smallest absolute Gasteiger partial charge is 0.232 e. The fourth-order valence-electron chi connectivity index (χ4n) is 2.41. The van der Waals surface area contributed by atoms with E-state index in [9.17, 15) is 14.7 Å². The molecule has 0 radical (unpaired) electrons. The molecule has 1 aliphatic rings. The number of likely N-dealkylation sites (tertiary alicyclic amines) is 1. The van der Waals surface area contributed by atoms with Crippen LogP contribution in [0.4, 0.5) is 0 Å². The summed E-state index contributed by atoms with van der Waals surface area (Å²) in [5.41, 5.74) is 0.512. The van der Waals surface area contributed by atoms with Crippen LogP contribution in [0.25, 0.3) is 0 Å². The van der Waals surface area contributed by atoms with Gasteiger partial charge in [0.05, 0.1) is 20.8 Å². The summed E-state index contributed by atoms with van der Waals surface area (Å²) in [6, 6.07) is 5.00. The van der Waals surface area contributed by atoms with E-state index < -0.39 is 6.10 Å². The Morgan fingerprint density at radius 3 is 2.57 bits per heavy atom. The average Bonchev–Trinajstić information content (AvgIpc) is 2.72. The molecule has 6 heteroatoms. The van der Waals surface area contributed by atoms with Crippen LogP contribution in [0.1, 0.15) is 25.0 Å². The van der Waals surface area contributed by atoms with Crippen LogP contribution in [-0.2, 0) is 9.59 Å². The van der Waals surface area contributed by atoms with Gasteiger partial charge in [-0.25, -0.2) is 0 Å². The van der Waals surface area contributed by atoms with Crippen molar-refractivity contribution in [2.24, 2.45) is 5.92 Å². The van der Waals surface area contributed by atoms with Crippen LogP contribution >= 0.6 is 0 Å². The standard InChI is InChI=1S/C15H19NO5/c1-9-6-14(18)16(15(9)19)8-12(17)11-5-4-10(20-2)7-13(11)21-3/h4-5,7,9,12,17H,6,8H2,1-3H3. The first kappa shape index (κ1) is 15.3. The van der Waals surface area contributed by atoms with Crippen molar-refractivity contribution >= 4 is 11.8 Å². The summed E-state index contributed by atoms with van der Waals surface area (Å²) in [6.45, 7) is 1.64. The van der Waals surface area contributed by atoms with E-state index in [1.165, 1.54) is 14.2 Å². The highest BCUT2D eigenvalue weighted by atomic mass is 16.5. The van der Waals surface area contributed by atoms with Crippen LogP contribution in [-0.4, -0.2) is 42.6 Å². The Balaban J connectivity index is 2.19. The second-order valence-electron chi connectivity index (χ2n) is 5.07. The molecule has 2 atom stereocenters. The van der Waals surface area contributed by atoms with Gasteiger partial charge < -0.3 is 14.6 Å². The van der Waals surface area contributed by atoms with E-state index in [4.69, 9.17) is 9.47 Å². The Morgan fingerprint density at radius 2 is 2.05 bits per heavy atom. The molecule has 1 aromatic carbocycles. The third-order valence-electron chi connectivity index (χ3n) is 3.62. The first-order valence-electron chi connectivity index (χ1n) is 6.72. The van der Waals surface area contributed by atoms with E-state index in [2.05, 4.69) is 0 Å². The van der Waals surface area contributed by atoms with E-state index in [1.54, 1.807) is 25.1 Å². The number of hydrogen-bond acceptors (Lipinski definition) is 5. The normalized spacial score (nSPS) is 19.8. The van der Waals surface area contributed by atoms with Crippen molar-refractivity contribution in [2.45, 2.75) is 19.4 Å². The van der Waals surface area contributed by atoms with Crippen molar-refractivity contribution in [3.05, 3.63) is 23.8 Å². The summed E-state index contributed by atoms with van der Waals surface area (Å²) in [5.74, 6) is 0.242. The molecule has 2 amide bonds. The molecule has 21 heavy (non-hydrogen) atoms. The molecule has 114 valence electrons. The Labute approximate surface area is 123 Å². The van der Waals surface area contributed by atoms with E-state index in [0.29, 0.717) is 17.1 Å². The summed E-state index contributed by atoms with van der Waals surface area (Å²) in [6.07, 6.45) is -0.797. The Hall–Kier alpha value is -2.08. The topological polar surface area (TPSA) is 76.1 Å². The second-order valence-corrected chi connectivity index (χ2v) is 5.07. The van der Waals surface area contributed by atoms with Gasteiger partial charge in [0.25, 0.3) is 0 Å². The number of carbonyl (C=O) groups is 2. The lowest BCUT2D eigenvalue weighted by Crippen LogP contribution is -2.34. The summed E-state index contributed by atoms with van der Waals surface area (Å²) < 4.78 is 10.3. The first-order chi connectivity index (χ1) is 9.97. The van der Waals surface area contributed by atoms with Gasteiger partial charge >= 0.3 is 0 Å². The van der Waals surface area contributed by atoms with Crippen molar-refractivity contribution < 1.29 is 24.2 Å². The number of aliphatic hydroxyl groups excluding tert-OH is 1. The zero-order valence-corrected chi connectivity index (χ0v) is 12.3. The summed E-state index contributed by atoms with van der Waals surface area (Å²) in [7, 11) is 3.02. The lowest BCUT2D eigenvalue weighted by atomic mass is 10.1. The number of carbonyl (C=O) groups excluding carboxylic acids is 2. The third kappa shape index (κ3) is 3.00. The molecule has 0 aromatic heterocycles. The van der Waals surface area contributed by atoms with Gasteiger partial charge in [-0.2, -0.15) is 0 Å². The molecule has 1 saturated heterocycles. The Bertz CT molecular complexity index is 557. The van der Waals surface area contributed by atoms with Gasteiger partial charge in [-0.3, -0.25) is 14.5 Å². The second kappa shape index (κ2) is 6.13. The number of imide groups is 1. The summed E-state index contributed by atoms with van der Waals surface area (Å²) in [4.78, 5) is 24.7. The van der Waals surface area contributed by atoms with E-state index >= 15 is 0 Å². The van der Waals surface area contributed by atoms with Crippen molar-refractivity contribution in [1.29, 1.82) is 0 Å². The van der Waals surface area contributed by atoms with Gasteiger partial charge in [-0.05, 0) is 12.1 Å². The van der Waals surface area contributed by atoms with Crippen LogP contribution in [0.5, 0.6) is 11.5 Å². The summed E-state index contributed by atoms with van der Waals surface area (Å²) in [5, 5.41) is 10.3. The van der Waals surface area contributed by atoms with Crippen LogP contribution in [0.15, 0.2) is 18.2 Å². The van der Waals surface area contributed by atoms with Crippen LogP contribution in [0.2, 0.25) is 0 Å². The lowest BCUT2D eigenvalue weighted by Gasteiger charge is -2.21. The molecule has 2 rings (SSSR count). The number of nitrogens with zero attached hydrogens (tertiary/aromatic N) is 1. The maximum atomic E-state index is 11.9. The molecule has 2 unspecified atom stereocenters. The van der Waals surface area contributed by atoms with Gasteiger partial charge in [0.1, 0.15) is 17.6 Å². The largest absolute Gasteiger partial charge is 0.497 e. The molecular weight excluding hydrogens is 274 g/mol. The van der Waals surface area contributed by atoms with E-state index in [0.717, 1.165) is 4.90 Å². The average molecular weight is 293 g/mol. The number of ether oxygens (including phenoxy) is 2. The quantitative estimate of drug-likeness (QED) is 0.824. The molecule has 1 aromatic rings. The zero-order chi connectivity index (χ0) is 15.6. The van der Waals surface area contributed by atoms with Gasteiger partial charge in [-0.1, -0.05) is 6.92 Å². The van der Waals surface area contributed by atoms with E-state index in [1.807, 2.05) is 0 Å². The minimum atomic E-state index is -0.996. The minimum absolute atomic E-state index is 0.0648. The number of β-amino-alcohol motifs (C(OH)–C–C–N with tert-alkyl or cyclic N) is 1. The molecule has 0 bridgehead atoms. The van der Waals surface area contributed by atoms with Crippen LogP contribution in [0, 0.1) is 5.92 Å². The number of amides is 2. The number of rotatable bonds is 5. The van der Waals surface area contributed by atoms with Crippen molar-refractivity contribution in [3.63, 3.8) is 0 Å². The highest BCUT2D eigenvalue weighted by Crippen LogP contribution is 2.31. The van der Waals surface area contributed by atoms with Crippen molar-refractivity contribution in [1.82, 2.24) is 4.90 Å². The predicted octanol–water partition coefficient (Wildman–Crippen LogP) is 1.13. The Kier molecular flexibility index (Phi) is 4.47. The minimum Gasteiger partial charge on any atom is -0.497 e. The molecule has 1 N–H and O–H groups in total. The van der Waals surface area contributed by atoms with Crippen molar-refractivity contribution in [3.8, 4) is 11.5 Å². The maximum Gasteiger partial charge on any atom is 0.232 e. The molecule has 0 saturated carbocycles. The molecule has 0 aliphatic carbocycles. The van der Waals surface area contributed by atoms with Crippen LogP contribution < -0.4 is 9.47 Å². The first-order valence-corrected chi connectivity index (χ1v) is 6.72. The van der Waals surface area contributed by atoms with Gasteiger partial charge in [-0.15, -0.1) is 0 Å². The fraction of sp³-hybridized carbons (Fsp3) is 0.467. The highest BCUT2D eigenvalue weighted by molar-refractivity contribution is 6.03. The number of methoxy groups -OCH3 is 2. The number of aliphatic hydroxyl groups is 1. The molecule has 1 heterocycles. The molecule has 6 nitrogen and oxygen atoms in total. The fourth-order valence-corrected chi connectivity index (χ4v) is 2.41. The zero-order valence-electron chi connectivity index (χ0n) is 12.3. The SMILES string of the molecule is COc1ccc(C(O)CN2C(=O)CC(C)C2=O)c(OC)c1. The van der Waals surface area contributed by atoms with E-state index in [-0.39, 0.29) is 30.7 Å². The highest BCUT2D eigenvalue weighted by Gasteiger charge is 2.36. The number of benzene rings is 1. The van der Waals surface area contributed by atoms with Gasteiger partial charge in [0, 0.05) is 24.0 Å². The predicted molar refractivity (Wildman–Crippen MR) is 75.0 cm³/mol. The van der Waals surface area contributed by atoms with Gasteiger partial charge in [0.15, 0.2) is 0 Å². The summed E-state index contributed by atoms with van der Waals surface area (Å²) >= 11 is 0. The molecule has 1 aliphatic heterocycles. The van der Waals surface area contributed by atoms with Crippen LogP contribution in [0.3, 0.4) is 0 Å². The molecular formula is C15H19NO5. The lowest BCUT2D eigenvalue weighted by molar-refractivity contribution is -0.140. The van der Waals surface area contributed by atoms with Gasteiger partial charge in [0.2, 0.25) is 11.8 Å². The Morgan fingerprint density at radius 1 is 1.33 bits per heavy atom. The molecule has 1 fully saturated rings.